The van der Waals surface area contributed by atoms with E-state index < -0.39 is 0 Å². The summed E-state index contributed by atoms with van der Waals surface area (Å²) in [6.45, 7) is 0. The largest absolute Gasteiger partial charge is 0.358 e. The van der Waals surface area contributed by atoms with E-state index in [-0.39, 0.29) is 0 Å². The van der Waals surface area contributed by atoms with Gasteiger partial charge in [0.1, 0.15) is 0 Å². The molecule has 0 saturated carbocycles. The van der Waals surface area contributed by atoms with Crippen molar-refractivity contribution in [2.75, 3.05) is 0 Å². The van der Waals surface area contributed by atoms with Crippen molar-refractivity contribution in [1.82, 2.24) is 4.98 Å². The second kappa shape index (κ2) is 4.11. The summed E-state index contributed by atoms with van der Waals surface area (Å²) in [7, 11) is 0. The highest BCUT2D eigenvalue weighted by molar-refractivity contribution is 6.13. The number of rotatable bonds is 0. The van der Waals surface area contributed by atoms with Crippen LogP contribution in [0.1, 0.15) is 24.1 Å². The van der Waals surface area contributed by atoms with Crippen LogP contribution in [0.15, 0.2) is 48.5 Å². The summed E-state index contributed by atoms with van der Waals surface area (Å²) in [6.07, 6.45) is 5.07. The van der Waals surface area contributed by atoms with Gasteiger partial charge in [-0.25, -0.2) is 0 Å². The van der Waals surface area contributed by atoms with Gasteiger partial charge < -0.3 is 4.98 Å². The molecule has 0 fully saturated rings. The van der Waals surface area contributed by atoms with Gasteiger partial charge in [-0.05, 0) is 71.0 Å². The third kappa shape index (κ3) is 1.58. The quantitative estimate of drug-likeness (QED) is 0.415. The van der Waals surface area contributed by atoms with Crippen molar-refractivity contribution in [2.45, 2.75) is 25.7 Å². The van der Waals surface area contributed by atoms with Crippen LogP contribution in [0.25, 0.3) is 32.4 Å². The fraction of sp³-hybridized carbons (Fsp3) is 0.200. The Morgan fingerprint density at radius 3 is 2.48 bits per heavy atom. The molecule has 0 saturated heterocycles. The van der Waals surface area contributed by atoms with Crippen molar-refractivity contribution >= 4 is 32.4 Å². The molecule has 5 rings (SSSR count). The molecular formula is C20H17N. The van der Waals surface area contributed by atoms with Crippen LogP contribution in [-0.2, 0) is 12.8 Å². The molecule has 21 heavy (non-hydrogen) atoms. The van der Waals surface area contributed by atoms with Crippen LogP contribution in [0.3, 0.4) is 0 Å². The summed E-state index contributed by atoms with van der Waals surface area (Å²) in [5, 5.41) is 6.89. The van der Waals surface area contributed by atoms with Crippen LogP contribution >= 0.6 is 0 Å². The number of fused-ring (bicyclic) bond motifs is 6. The van der Waals surface area contributed by atoms with Gasteiger partial charge in [-0.3, -0.25) is 0 Å². The molecule has 0 atom stereocenters. The van der Waals surface area contributed by atoms with Crippen LogP contribution in [0, 0.1) is 0 Å². The summed E-state index contributed by atoms with van der Waals surface area (Å²) in [6, 6.07) is 17.9. The van der Waals surface area contributed by atoms with Gasteiger partial charge in [0.25, 0.3) is 0 Å². The summed E-state index contributed by atoms with van der Waals surface area (Å²) in [5.74, 6) is 0. The van der Waals surface area contributed by atoms with E-state index in [1.165, 1.54) is 63.8 Å². The lowest BCUT2D eigenvalue weighted by atomic mass is 9.92. The van der Waals surface area contributed by atoms with E-state index in [2.05, 4.69) is 53.5 Å². The maximum Gasteiger partial charge on any atom is 0.0465 e. The molecule has 4 aromatic rings. The van der Waals surface area contributed by atoms with E-state index in [0.717, 1.165) is 0 Å². The number of aromatic nitrogens is 1. The lowest BCUT2D eigenvalue weighted by Crippen LogP contribution is -2.00. The first-order valence-corrected chi connectivity index (χ1v) is 7.85. The van der Waals surface area contributed by atoms with Crippen molar-refractivity contribution in [3.8, 4) is 0 Å². The fourth-order valence-corrected chi connectivity index (χ4v) is 3.92. The Labute approximate surface area is 123 Å². The molecular weight excluding hydrogens is 254 g/mol. The smallest absolute Gasteiger partial charge is 0.0465 e. The summed E-state index contributed by atoms with van der Waals surface area (Å²) < 4.78 is 0. The third-order valence-corrected chi connectivity index (χ3v) is 4.94. The highest BCUT2D eigenvalue weighted by Crippen LogP contribution is 2.35. The molecule has 1 heterocycles. The van der Waals surface area contributed by atoms with Crippen LogP contribution < -0.4 is 0 Å². The highest BCUT2D eigenvalue weighted by Gasteiger charge is 2.17. The second-order valence-corrected chi connectivity index (χ2v) is 6.20. The van der Waals surface area contributed by atoms with E-state index in [0.29, 0.717) is 0 Å². The Balaban J connectivity index is 1.98. The number of nitrogens with one attached hydrogen (secondary N) is 1. The Morgan fingerprint density at radius 2 is 1.57 bits per heavy atom. The van der Waals surface area contributed by atoms with E-state index in [1.807, 2.05) is 0 Å². The van der Waals surface area contributed by atoms with Crippen molar-refractivity contribution in [3.05, 3.63) is 59.8 Å². The molecule has 1 aliphatic carbocycles. The number of hydrogen-bond donors (Lipinski definition) is 1. The molecule has 0 radical (unpaired) electrons. The van der Waals surface area contributed by atoms with Gasteiger partial charge in [0.15, 0.2) is 0 Å². The third-order valence-electron chi connectivity index (χ3n) is 4.94. The monoisotopic (exact) mass is 271 g/mol. The molecule has 1 aliphatic rings. The van der Waals surface area contributed by atoms with Crippen molar-refractivity contribution < 1.29 is 0 Å². The van der Waals surface area contributed by atoms with Crippen LogP contribution in [-0.4, -0.2) is 4.98 Å². The van der Waals surface area contributed by atoms with Crippen molar-refractivity contribution in [3.63, 3.8) is 0 Å². The molecule has 0 bridgehead atoms. The molecule has 1 N–H and O–H groups in total. The number of aryl methyl sites for hydroxylation is 2. The number of hydrogen-bond acceptors (Lipinski definition) is 0. The minimum atomic E-state index is 1.21. The lowest BCUT2D eigenvalue weighted by Gasteiger charge is -2.11. The Morgan fingerprint density at radius 1 is 0.762 bits per heavy atom. The molecule has 0 spiro atoms. The molecule has 0 aliphatic heterocycles. The van der Waals surface area contributed by atoms with Crippen LogP contribution in [0.5, 0.6) is 0 Å². The molecule has 1 nitrogen and oxygen atoms in total. The summed E-state index contributed by atoms with van der Waals surface area (Å²) in [4.78, 5) is 3.66. The van der Waals surface area contributed by atoms with Gasteiger partial charge >= 0.3 is 0 Å². The van der Waals surface area contributed by atoms with Gasteiger partial charge in [-0.1, -0.05) is 30.3 Å². The minimum Gasteiger partial charge on any atom is -0.358 e. The highest BCUT2D eigenvalue weighted by atomic mass is 14.7. The predicted octanol–water partition coefficient (Wildman–Crippen LogP) is 5.35. The Hall–Kier alpha value is -2.28. The number of H-pyrrole nitrogens is 1. The van der Waals surface area contributed by atoms with Crippen molar-refractivity contribution in [1.29, 1.82) is 0 Å². The van der Waals surface area contributed by atoms with Gasteiger partial charge in [-0.2, -0.15) is 0 Å². The summed E-state index contributed by atoms with van der Waals surface area (Å²) in [5.41, 5.74) is 4.35. The van der Waals surface area contributed by atoms with Gasteiger partial charge in [0.05, 0.1) is 0 Å². The molecule has 0 unspecified atom stereocenters. The molecule has 1 heteroatoms. The average Bonchev–Trinajstić information content (AvgIpc) is 2.92. The van der Waals surface area contributed by atoms with E-state index >= 15 is 0 Å². The number of benzene rings is 3. The van der Waals surface area contributed by atoms with Gasteiger partial charge in [0.2, 0.25) is 0 Å². The minimum absolute atomic E-state index is 1.21. The Bertz CT molecular complexity index is 991. The van der Waals surface area contributed by atoms with Crippen molar-refractivity contribution in [2.24, 2.45) is 0 Å². The van der Waals surface area contributed by atoms with Gasteiger partial charge in [0, 0.05) is 16.6 Å². The number of aromatic amines is 1. The molecule has 1 aromatic heterocycles. The first-order chi connectivity index (χ1) is 10.4. The first kappa shape index (κ1) is 11.4. The van der Waals surface area contributed by atoms with Gasteiger partial charge in [-0.15, -0.1) is 0 Å². The van der Waals surface area contributed by atoms with E-state index in [4.69, 9.17) is 0 Å². The fourth-order valence-electron chi connectivity index (χ4n) is 3.92. The standard InChI is InChI=1S/C20H17N/c1-2-6-14-12-17-15(11-13(14)5-1)9-10-19-20(17)16-7-3-4-8-18(16)21-19/h1-2,5-6,9-12,21H,3-4,7-8H2. The average molecular weight is 271 g/mol. The maximum absolute atomic E-state index is 3.66. The first-order valence-electron chi connectivity index (χ1n) is 7.85. The van der Waals surface area contributed by atoms with Crippen LogP contribution in [0.2, 0.25) is 0 Å². The lowest BCUT2D eigenvalue weighted by molar-refractivity contribution is 0.680. The van der Waals surface area contributed by atoms with E-state index in [1.54, 1.807) is 5.56 Å². The molecule has 0 amide bonds. The zero-order valence-electron chi connectivity index (χ0n) is 11.9. The summed E-state index contributed by atoms with van der Waals surface area (Å²) >= 11 is 0. The maximum atomic E-state index is 3.66. The zero-order valence-corrected chi connectivity index (χ0v) is 11.9. The molecule has 3 aromatic carbocycles. The molecule has 102 valence electrons. The predicted molar refractivity (Wildman–Crippen MR) is 90.0 cm³/mol. The Kier molecular flexibility index (Phi) is 2.23. The van der Waals surface area contributed by atoms with Crippen LogP contribution in [0.4, 0.5) is 0 Å². The zero-order chi connectivity index (χ0) is 13.8. The SMILES string of the molecule is c1ccc2cc3c(ccc4[nH]c5c(c43)CCCC5)cc2c1. The normalized spacial score (nSPS) is 14.9. The van der Waals surface area contributed by atoms with E-state index in [9.17, 15) is 0 Å². The topological polar surface area (TPSA) is 15.8 Å². The second-order valence-electron chi connectivity index (χ2n) is 6.20.